The van der Waals surface area contributed by atoms with Crippen LogP contribution in [-0.4, -0.2) is 41.9 Å². The van der Waals surface area contributed by atoms with Gasteiger partial charge in [-0.1, -0.05) is 6.07 Å². The number of hydrogen-bond acceptors (Lipinski definition) is 3. The van der Waals surface area contributed by atoms with Crippen LogP contribution in [0.3, 0.4) is 0 Å². The maximum Gasteiger partial charge on any atom is 0.241 e. The Kier molecular flexibility index (Phi) is 6.20. The summed E-state index contributed by atoms with van der Waals surface area (Å²) in [6, 6.07) is 2.60. The summed E-state index contributed by atoms with van der Waals surface area (Å²) in [5.74, 6) is -2.53. The molecular weight excluding hydrogens is 304 g/mol. The number of benzene rings is 1. The fourth-order valence-electron chi connectivity index (χ4n) is 1.87. The molecule has 1 rings (SSSR count). The van der Waals surface area contributed by atoms with Gasteiger partial charge in [0.2, 0.25) is 11.8 Å². The van der Waals surface area contributed by atoms with Gasteiger partial charge in [0.25, 0.3) is 0 Å². The van der Waals surface area contributed by atoms with Gasteiger partial charge in [-0.05, 0) is 46.9 Å². The highest BCUT2D eigenvalue weighted by Gasteiger charge is 2.23. The molecule has 128 valence electrons. The lowest BCUT2D eigenvalue weighted by Crippen LogP contribution is -2.49. The second kappa shape index (κ2) is 7.50. The molecule has 2 amide bonds. The van der Waals surface area contributed by atoms with E-state index in [0.29, 0.717) is 0 Å². The van der Waals surface area contributed by atoms with Crippen LogP contribution in [0.15, 0.2) is 18.2 Å². The molecule has 0 bridgehead atoms. The third-order valence-electron chi connectivity index (χ3n) is 3.16. The molecule has 7 heteroatoms. The van der Waals surface area contributed by atoms with Gasteiger partial charge in [0, 0.05) is 5.54 Å². The molecule has 1 atom stereocenters. The summed E-state index contributed by atoms with van der Waals surface area (Å²) in [5.41, 5.74) is -0.864. The zero-order valence-electron chi connectivity index (χ0n) is 14.0. The van der Waals surface area contributed by atoms with Crippen molar-refractivity contribution in [2.75, 3.05) is 18.9 Å². The Bertz CT molecular complexity index is 565. The van der Waals surface area contributed by atoms with E-state index in [1.165, 1.54) is 11.0 Å². The quantitative estimate of drug-likeness (QED) is 0.871. The molecule has 5 nitrogen and oxygen atoms in total. The Labute approximate surface area is 135 Å². The van der Waals surface area contributed by atoms with Crippen LogP contribution in [0.5, 0.6) is 0 Å². The van der Waals surface area contributed by atoms with Crippen LogP contribution in [0.4, 0.5) is 14.5 Å². The van der Waals surface area contributed by atoms with Crippen molar-refractivity contribution in [3.05, 3.63) is 29.8 Å². The van der Waals surface area contributed by atoms with E-state index in [1.807, 2.05) is 20.8 Å². The summed E-state index contributed by atoms with van der Waals surface area (Å²) in [4.78, 5) is 25.5. The Morgan fingerprint density at radius 1 is 1.22 bits per heavy atom. The van der Waals surface area contributed by atoms with Gasteiger partial charge in [-0.2, -0.15) is 0 Å². The first kappa shape index (κ1) is 19.0. The average molecular weight is 327 g/mol. The number of anilines is 1. The minimum absolute atomic E-state index is 0.00832. The molecule has 0 radical (unpaired) electrons. The van der Waals surface area contributed by atoms with Crippen molar-refractivity contribution in [1.29, 1.82) is 0 Å². The van der Waals surface area contributed by atoms with Gasteiger partial charge in [0.1, 0.15) is 17.3 Å². The van der Waals surface area contributed by atoms with Crippen LogP contribution in [-0.2, 0) is 9.59 Å². The molecule has 1 aromatic carbocycles. The van der Waals surface area contributed by atoms with E-state index in [0.717, 1.165) is 12.1 Å². The lowest BCUT2D eigenvalue weighted by molar-refractivity contribution is -0.125. The van der Waals surface area contributed by atoms with Crippen LogP contribution in [0, 0.1) is 11.6 Å². The van der Waals surface area contributed by atoms with E-state index in [-0.39, 0.29) is 18.0 Å². The molecule has 0 saturated carbocycles. The summed E-state index contributed by atoms with van der Waals surface area (Å²) >= 11 is 0. The van der Waals surface area contributed by atoms with Gasteiger partial charge >= 0.3 is 0 Å². The Morgan fingerprint density at radius 3 is 2.22 bits per heavy atom. The van der Waals surface area contributed by atoms with Crippen molar-refractivity contribution in [3.63, 3.8) is 0 Å². The minimum atomic E-state index is -0.848. The summed E-state index contributed by atoms with van der Waals surface area (Å²) in [6.45, 7) is 7.09. The molecule has 1 unspecified atom stereocenters. The fourth-order valence-corrected chi connectivity index (χ4v) is 1.87. The van der Waals surface area contributed by atoms with E-state index in [2.05, 4.69) is 10.6 Å². The van der Waals surface area contributed by atoms with Crippen LogP contribution >= 0.6 is 0 Å². The van der Waals surface area contributed by atoms with Crippen LogP contribution in [0.1, 0.15) is 27.7 Å². The third kappa shape index (κ3) is 5.94. The molecule has 0 heterocycles. The number of nitrogens with zero attached hydrogens (tertiary/aromatic N) is 1. The van der Waals surface area contributed by atoms with Crippen LogP contribution < -0.4 is 10.6 Å². The smallest absolute Gasteiger partial charge is 0.241 e. The SMILES string of the molecule is CC(C(=O)Nc1c(F)cccc1F)N(C)CC(=O)NC(C)(C)C. The first-order chi connectivity index (χ1) is 10.5. The lowest BCUT2D eigenvalue weighted by atomic mass is 10.1. The molecular formula is C16H23F2N3O2. The zero-order valence-corrected chi connectivity index (χ0v) is 14.0. The second-order valence-electron chi connectivity index (χ2n) is 6.48. The Hall–Kier alpha value is -2.02. The molecule has 2 N–H and O–H groups in total. The maximum absolute atomic E-state index is 13.5. The van der Waals surface area contributed by atoms with Crippen molar-refractivity contribution in [2.24, 2.45) is 0 Å². The molecule has 0 aromatic heterocycles. The predicted molar refractivity (Wildman–Crippen MR) is 85.0 cm³/mol. The highest BCUT2D eigenvalue weighted by atomic mass is 19.1. The molecule has 0 aliphatic carbocycles. The number of rotatable bonds is 5. The number of nitrogens with one attached hydrogen (secondary N) is 2. The molecule has 23 heavy (non-hydrogen) atoms. The van der Waals surface area contributed by atoms with E-state index < -0.39 is 29.3 Å². The topological polar surface area (TPSA) is 61.4 Å². The number of carbonyl (C=O) groups is 2. The lowest BCUT2D eigenvalue weighted by Gasteiger charge is -2.26. The van der Waals surface area contributed by atoms with Gasteiger partial charge in [0.15, 0.2) is 0 Å². The summed E-state index contributed by atoms with van der Waals surface area (Å²) < 4.78 is 27.1. The summed E-state index contributed by atoms with van der Waals surface area (Å²) in [7, 11) is 1.59. The number of amides is 2. The second-order valence-corrected chi connectivity index (χ2v) is 6.48. The largest absolute Gasteiger partial charge is 0.350 e. The molecule has 0 spiro atoms. The minimum Gasteiger partial charge on any atom is -0.350 e. The van der Waals surface area contributed by atoms with Gasteiger partial charge in [0.05, 0.1) is 12.6 Å². The normalized spacial score (nSPS) is 12.9. The first-order valence-corrected chi connectivity index (χ1v) is 7.27. The van der Waals surface area contributed by atoms with Crippen molar-refractivity contribution >= 4 is 17.5 Å². The van der Waals surface area contributed by atoms with E-state index in [9.17, 15) is 18.4 Å². The highest BCUT2D eigenvalue weighted by Crippen LogP contribution is 2.18. The summed E-state index contributed by atoms with van der Waals surface area (Å²) in [6.07, 6.45) is 0. The zero-order chi connectivity index (χ0) is 17.8. The standard InChI is InChI=1S/C16H23F2N3O2/c1-10(21(5)9-13(22)20-16(2,3)4)15(23)19-14-11(17)7-6-8-12(14)18/h6-8,10H,9H2,1-5H3,(H,19,23)(H,20,22). The average Bonchev–Trinajstić information content (AvgIpc) is 2.39. The van der Waals surface area contributed by atoms with Crippen LogP contribution in [0.2, 0.25) is 0 Å². The number of para-hydroxylation sites is 1. The van der Waals surface area contributed by atoms with E-state index in [4.69, 9.17) is 0 Å². The Morgan fingerprint density at radius 2 is 1.74 bits per heavy atom. The predicted octanol–water partition coefficient (Wildman–Crippen LogP) is 2.14. The van der Waals surface area contributed by atoms with Crippen molar-refractivity contribution < 1.29 is 18.4 Å². The molecule has 0 aliphatic heterocycles. The third-order valence-corrected chi connectivity index (χ3v) is 3.16. The number of hydrogen-bond donors (Lipinski definition) is 2. The molecule has 0 fully saturated rings. The van der Waals surface area contributed by atoms with Crippen LogP contribution in [0.25, 0.3) is 0 Å². The van der Waals surface area contributed by atoms with E-state index in [1.54, 1.807) is 14.0 Å². The van der Waals surface area contributed by atoms with Crippen molar-refractivity contribution in [1.82, 2.24) is 10.2 Å². The van der Waals surface area contributed by atoms with Gasteiger partial charge in [-0.15, -0.1) is 0 Å². The monoisotopic (exact) mass is 327 g/mol. The number of halogens is 2. The van der Waals surface area contributed by atoms with Crippen molar-refractivity contribution in [3.8, 4) is 0 Å². The molecule has 0 saturated heterocycles. The number of likely N-dealkylation sites (N-methyl/N-ethyl adjacent to an activating group) is 1. The maximum atomic E-state index is 13.5. The first-order valence-electron chi connectivity index (χ1n) is 7.27. The van der Waals surface area contributed by atoms with E-state index >= 15 is 0 Å². The molecule has 1 aromatic rings. The Balaban J connectivity index is 2.67. The van der Waals surface area contributed by atoms with Gasteiger partial charge in [-0.25, -0.2) is 8.78 Å². The van der Waals surface area contributed by atoms with Gasteiger partial charge in [-0.3, -0.25) is 14.5 Å². The highest BCUT2D eigenvalue weighted by molar-refractivity contribution is 5.95. The fraction of sp³-hybridized carbons (Fsp3) is 0.500. The van der Waals surface area contributed by atoms with Gasteiger partial charge < -0.3 is 10.6 Å². The molecule has 0 aliphatic rings. The summed E-state index contributed by atoms with van der Waals surface area (Å²) in [5, 5.41) is 5.00. The number of carbonyl (C=O) groups excluding carboxylic acids is 2. The van der Waals surface area contributed by atoms with Crippen molar-refractivity contribution in [2.45, 2.75) is 39.3 Å².